The lowest BCUT2D eigenvalue weighted by atomic mass is 10.1. The maximum atomic E-state index is 13.8. The maximum absolute atomic E-state index is 13.8. The second kappa shape index (κ2) is 6.24. The van der Waals surface area contributed by atoms with Gasteiger partial charge in [-0.2, -0.15) is 0 Å². The maximum Gasteiger partial charge on any atom is 0.261 e. The minimum atomic E-state index is -0.369. The lowest BCUT2D eigenvalue weighted by molar-refractivity contribution is 0.0744. The molecule has 1 fully saturated rings. The van der Waals surface area contributed by atoms with Crippen molar-refractivity contribution in [1.29, 1.82) is 0 Å². The van der Waals surface area contributed by atoms with Gasteiger partial charge >= 0.3 is 0 Å². The van der Waals surface area contributed by atoms with Crippen LogP contribution in [-0.4, -0.2) is 42.0 Å². The highest BCUT2D eigenvalue weighted by atomic mass is 19.1. The number of rotatable bonds is 2. The monoisotopic (exact) mass is 315 g/mol. The summed E-state index contributed by atoms with van der Waals surface area (Å²) in [4.78, 5) is 30.6. The number of aromatic nitrogens is 1. The first-order chi connectivity index (χ1) is 11.1. The summed E-state index contributed by atoms with van der Waals surface area (Å²) < 4.78 is 13.8. The van der Waals surface area contributed by atoms with Crippen LogP contribution in [0.2, 0.25) is 0 Å². The molecule has 6 heteroatoms. The number of carbonyl (C=O) groups is 1. The molecule has 1 aromatic heterocycles. The highest BCUT2D eigenvalue weighted by Gasteiger charge is 2.25. The third-order valence-corrected chi connectivity index (χ3v) is 4.14. The highest BCUT2D eigenvalue weighted by molar-refractivity contribution is 5.95. The Morgan fingerprint density at radius 2 is 1.83 bits per heavy atom. The summed E-state index contributed by atoms with van der Waals surface area (Å²) in [6, 6.07) is 8.33. The van der Waals surface area contributed by atoms with Crippen LogP contribution in [0, 0.1) is 12.7 Å². The van der Waals surface area contributed by atoms with Crippen molar-refractivity contribution >= 4 is 11.6 Å². The zero-order valence-electron chi connectivity index (χ0n) is 12.9. The van der Waals surface area contributed by atoms with Gasteiger partial charge in [0.05, 0.1) is 5.69 Å². The fourth-order valence-electron chi connectivity index (χ4n) is 2.86. The Bertz CT molecular complexity index is 779. The van der Waals surface area contributed by atoms with Crippen molar-refractivity contribution in [3.63, 3.8) is 0 Å². The number of hydrogen-bond donors (Lipinski definition) is 1. The number of nitrogens with one attached hydrogen (secondary N) is 1. The number of hydrogen-bond acceptors (Lipinski definition) is 3. The number of anilines is 1. The van der Waals surface area contributed by atoms with E-state index in [4.69, 9.17) is 0 Å². The molecule has 0 atom stereocenters. The Labute approximate surface area is 133 Å². The summed E-state index contributed by atoms with van der Waals surface area (Å²) in [5.41, 5.74) is 1.03. The van der Waals surface area contributed by atoms with Crippen LogP contribution in [0.1, 0.15) is 15.9 Å². The Morgan fingerprint density at radius 3 is 2.48 bits per heavy atom. The van der Waals surface area contributed by atoms with Crippen LogP contribution in [0.4, 0.5) is 10.1 Å². The quantitative estimate of drug-likeness (QED) is 0.919. The van der Waals surface area contributed by atoms with Crippen molar-refractivity contribution in [2.75, 3.05) is 31.1 Å². The Hall–Kier alpha value is -2.63. The molecule has 0 aliphatic carbocycles. The second-order valence-corrected chi connectivity index (χ2v) is 5.60. The lowest BCUT2D eigenvalue weighted by Crippen LogP contribution is -2.50. The standard InChI is InChI=1S/C17H18FN3O2/c1-12-6-7-19-16(22)15(12)17(23)21-10-8-20(9-11-21)14-5-3-2-4-13(14)18/h2-7H,8-11H2,1H3,(H,19,22). The van der Waals surface area contributed by atoms with Gasteiger partial charge in [0, 0.05) is 32.4 Å². The minimum Gasteiger partial charge on any atom is -0.366 e. The number of halogens is 1. The molecule has 23 heavy (non-hydrogen) atoms. The van der Waals surface area contributed by atoms with E-state index in [2.05, 4.69) is 4.98 Å². The predicted molar refractivity (Wildman–Crippen MR) is 86.3 cm³/mol. The normalized spacial score (nSPS) is 14.9. The molecule has 5 nitrogen and oxygen atoms in total. The molecular weight excluding hydrogens is 297 g/mol. The van der Waals surface area contributed by atoms with Gasteiger partial charge in [-0.05, 0) is 30.7 Å². The molecule has 2 aromatic rings. The van der Waals surface area contributed by atoms with Crippen molar-refractivity contribution in [3.8, 4) is 0 Å². The van der Waals surface area contributed by atoms with Crippen LogP contribution in [0.3, 0.4) is 0 Å². The van der Waals surface area contributed by atoms with Gasteiger partial charge in [0.1, 0.15) is 11.4 Å². The lowest BCUT2D eigenvalue weighted by Gasteiger charge is -2.36. The van der Waals surface area contributed by atoms with E-state index in [0.717, 1.165) is 0 Å². The molecule has 1 saturated heterocycles. The zero-order valence-corrected chi connectivity index (χ0v) is 12.9. The molecule has 3 rings (SSSR count). The predicted octanol–water partition coefficient (Wildman–Crippen LogP) is 1.78. The Morgan fingerprint density at radius 1 is 1.13 bits per heavy atom. The topological polar surface area (TPSA) is 56.4 Å². The van der Waals surface area contributed by atoms with E-state index < -0.39 is 0 Å². The van der Waals surface area contributed by atoms with E-state index >= 15 is 0 Å². The van der Waals surface area contributed by atoms with E-state index in [1.807, 2.05) is 4.90 Å². The van der Waals surface area contributed by atoms with Gasteiger partial charge < -0.3 is 14.8 Å². The van der Waals surface area contributed by atoms with Crippen LogP contribution in [-0.2, 0) is 0 Å². The summed E-state index contributed by atoms with van der Waals surface area (Å²) >= 11 is 0. The van der Waals surface area contributed by atoms with E-state index in [0.29, 0.717) is 37.4 Å². The van der Waals surface area contributed by atoms with E-state index in [1.165, 1.54) is 12.3 Å². The van der Waals surface area contributed by atoms with Crippen molar-refractivity contribution < 1.29 is 9.18 Å². The number of amides is 1. The van der Waals surface area contributed by atoms with E-state index in [-0.39, 0.29) is 22.8 Å². The molecule has 0 spiro atoms. The smallest absolute Gasteiger partial charge is 0.261 e. The number of carbonyl (C=O) groups excluding carboxylic acids is 1. The molecular formula is C17H18FN3O2. The summed E-state index contributed by atoms with van der Waals surface area (Å²) in [6.07, 6.45) is 1.53. The van der Waals surface area contributed by atoms with E-state index in [1.54, 1.807) is 36.1 Å². The largest absolute Gasteiger partial charge is 0.366 e. The van der Waals surface area contributed by atoms with Crippen LogP contribution in [0.15, 0.2) is 41.3 Å². The first kappa shape index (κ1) is 15.3. The van der Waals surface area contributed by atoms with Gasteiger partial charge in [-0.1, -0.05) is 12.1 Å². The molecule has 2 heterocycles. The van der Waals surface area contributed by atoms with Crippen molar-refractivity contribution in [2.24, 2.45) is 0 Å². The van der Waals surface area contributed by atoms with Crippen LogP contribution < -0.4 is 10.5 Å². The average molecular weight is 315 g/mol. The molecule has 0 saturated carbocycles. The summed E-state index contributed by atoms with van der Waals surface area (Å²) in [7, 11) is 0. The SMILES string of the molecule is Cc1cc[nH]c(=O)c1C(=O)N1CCN(c2ccccc2F)CC1. The zero-order chi connectivity index (χ0) is 16.4. The number of aryl methyl sites for hydroxylation is 1. The molecule has 1 aliphatic heterocycles. The number of aromatic amines is 1. The third-order valence-electron chi connectivity index (χ3n) is 4.14. The Balaban J connectivity index is 1.73. The molecule has 0 radical (unpaired) electrons. The van der Waals surface area contributed by atoms with Crippen molar-refractivity contribution in [1.82, 2.24) is 9.88 Å². The Kier molecular flexibility index (Phi) is 4.14. The second-order valence-electron chi connectivity index (χ2n) is 5.60. The van der Waals surface area contributed by atoms with Gasteiger partial charge in [-0.25, -0.2) is 4.39 Å². The number of para-hydroxylation sites is 1. The van der Waals surface area contributed by atoms with Gasteiger partial charge in [-0.3, -0.25) is 9.59 Å². The molecule has 120 valence electrons. The van der Waals surface area contributed by atoms with Crippen LogP contribution >= 0.6 is 0 Å². The van der Waals surface area contributed by atoms with Gasteiger partial charge in [0.15, 0.2) is 0 Å². The van der Waals surface area contributed by atoms with Gasteiger partial charge in [0.2, 0.25) is 0 Å². The summed E-state index contributed by atoms with van der Waals surface area (Å²) in [6.45, 7) is 3.74. The van der Waals surface area contributed by atoms with Gasteiger partial charge in [0.25, 0.3) is 11.5 Å². The fraction of sp³-hybridized carbons (Fsp3) is 0.294. The van der Waals surface area contributed by atoms with E-state index in [9.17, 15) is 14.0 Å². The third kappa shape index (κ3) is 2.97. The van der Waals surface area contributed by atoms with Crippen LogP contribution in [0.5, 0.6) is 0 Å². The summed E-state index contributed by atoms with van der Waals surface area (Å²) in [5, 5.41) is 0. The number of piperazine rings is 1. The average Bonchev–Trinajstić information content (AvgIpc) is 2.55. The molecule has 0 bridgehead atoms. The first-order valence-electron chi connectivity index (χ1n) is 7.55. The molecule has 1 aliphatic rings. The molecule has 1 aromatic carbocycles. The molecule has 1 N–H and O–H groups in total. The number of benzene rings is 1. The molecule has 1 amide bonds. The van der Waals surface area contributed by atoms with Crippen LogP contribution in [0.25, 0.3) is 0 Å². The number of pyridine rings is 1. The summed E-state index contributed by atoms with van der Waals surface area (Å²) in [5.74, 6) is -0.528. The minimum absolute atomic E-state index is 0.187. The van der Waals surface area contributed by atoms with Crippen molar-refractivity contribution in [2.45, 2.75) is 6.92 Å². The van der Waals surface area contributed by atoms with Gasteiger partial charge in [-0.15, -0.1) is 0 Å². The first-order valence-corrected chi connectivity index (χ1v) is 7.55. The molecule has 0 unspecified atom stereocenters. The fourth-order valence-corrected chi connectivity index (χ4v) is 2.86. The number of nitrogens with zero attached hydrogens (tertiary/aromatic N) is 2. The highest BCUT2D eigenvalue weighted by Crippen LogP contribution is 2.20. The number of H-pyrrole nitrogens is 1. The van der Waals surface area contributed by atoms with Crippen molar-refractivity contribution in [3.05, 3.63) is 63.8 Å².